The molecular formula is C13H17NO4. The Morgan fingerprint density at radius 1 is 1.33 bits per heavy atom. The zero-order valence-electron chi connectivity index (χ0n) is 10.8. The number of aromatic nitrogens is 1. The van der Waals surface area contributed by atoms with Crippen molar-refractivity contribution in [1.82, 2.24) is 4.98 Å². The minimum atomic E-state index is -1.49. The second kappa shape index (κ2) is 5.62. The first-order chi connectivity index (χ1) is 8.46. The fraction of sp³-hybridized carbons (Fsp3) is 0.462. The second-order valence-corrected chi connectivity index (χ2v) is 4.10. The van der Waals surface area contributed by atoms with E-state index >= 15 is 0 Å². The van der Waals surface area contributed by atoms with Gasteiger partial charge in [0.25, 0.3) is 0 Å². The molecule has 1 rings (SSSR count). The van der Waals surface area contributed by atoms with E-state index in [4.69, 9.17) is 4.74 Å². The minimum absolute atomic E-state index is 0.132. The third-order valence-corrected chi connectivity index (χ3v) is 3.07. The fourth-order valence-electron chi connectivity index (χ4n) is 1.70. The number of carboxylic acid groups (broad SMARTS) is 1. The number of hydrogen-bond acceptors (Lipinski definition) is 4. The molecule has 0 radical (unpaired) electrons. The topological polar surface area (TPSA) is 76.5 Å². The van der Waals surface area contributed by atoms with Crippen molar-refractivity contribution in [1.29, 1.82) is 0 Å². The number of rotatable bonds is 5. The molecule has 0 aromatic carbocycles. The predicted octanol–water partition coefficient (Wildman–Crippen LogP) is 2.19. The molecule has 0 spiro atoms. The number of ether oxygens (including phenoxy) is 1. The summed E-state index contributed by atoms with van der Waals surface area (Å²) in [7, 11) is 0. The van der Waals surface area contributed by atoms with Crippen LogP contribution in [0.5, 0.6) is 5.88 Å². The van der Waals surface area contributed by atoms with Gasteiger partial charge in [-0.15, -0.1) is 0 Å². The molecule has 98 valence electrons. The monoisotopic (exact) mass is 251 g/mol. The average molecular weight is 251 g/mol. The SMILES string of the molecule is CCC(CC)(C(=O)O)C(=O)Oc1cccc(C)n1. The number of carbonyl (C=O) groups is 2. The highest BCUT2D eigenvalue weighted by Gasteiger charge is 2.45. The molecule has 0 saturated heterocycles. The summed E-state index contributed by atoms with van der Waals surface area (Å²) >= 11 is 0. The van der Waals surface area contributed by atoms with Gasteiger partial charge in [0.15, 0.2) is 5.41 Å². The quantitative estimate of drug-likeness (QED) is 0.641. The zero-order valence-corrected chi connectivity index (χ0v) is 10.8. The molecule has 0 bridgehead atoms. The van der Waals surface area contributed by atoms with Crippen molar-refractivity contribution in [3.63, 3.8) is 0 Å². The van der Waals surface area contributed by atoms with E-state index in [0.717, 1.165) is 0 Å². The Balaban J connectivity index is 2.96. The highest BCUT2D eigenvalue weighted by Crippen LogP contribution is 2.29. The maximum Gasteiger partial charge on any atom is 0.330 e. The number of pyridine rings is 1. The van der Waals surface area contributed by atoms with Crippen LogP contribution in [-0.2, 0) is 9.59 Å². The Labute approximate surface area is 106 Å². The van der Waals surface area contributed by atoms with Crippen LogP contribution in [0.4, 0.5) is 0 Å². The van der Waals surface area contributed by atoms with Crippen molar-refractivity contribution in [2.45, 2.75) is 33.6 Å². The van der Waals surface area contributed by atoms with Gasteiger partial charge in [-0.2, -0.15) is 0 Å². The van der Waals surface area contributed by atoms with E-state index < -0.39 is 17.4 Å². The van der Waals surface area contributed by atoms with Crippen LogP contribution in [0.25, 0.3) is 0 Å². The molecule has 0 unspecified atom stereocenters. The van der Waals surface area contributed by atoms with Crippen LogP contribution >= 0.6 is 0 Å². The number of nitrogens with zero attached hydrogens (tertiary/aromatic N) is 1. The van der Waals surface area contributed by atoms with Crippen molar-refractivity contribution in [2.24, 2.45) is 5.41 Å². The van der Waals surface area contributed by atoms with Gasteiger partial charge in [-0.3, -0.25) is 9.59 Å². The van der Waals surface area contributed by atoms with Gasteiger partial charge in [0.1, 0.15) is 0 Å². The van der Waals surface area contributed by atoms with Crippen LogP contribution in [-0.4, -0.2) is 22.0 Å². The van der Waals surface area contributed by atoms with Crippen molar-refractivity contribution >= 4 is 11.9 Å². The normalized spacial score (nSPS) is 11.1. The average Bonchev–Trinajstić information content (AvgIpc) is 2.30. The van der Waals surface area contributed by atoms with Gasteiger partial charge in [0.05, 0.1) is 0 Å². The summed E-state index contributed by atoms with van der Waals surface area (Å²) in [6.45, 7) is 5.08. The van der Waals surface area contributed by atoms with E-state index in [1.807, 2.05) is 0 Å². The number of aliphatic carboxylic acids is 1. The van der Waals surface area contributed by atoms with Gasteiger partial charge in [0, 0.05) is 11.8 Å². The van der Waals surface area contributed by atoms with Gasteiger partial charge >= 0.3 is 11.9 Å². The highest BCUT2D eigenvalue weighted by atomic mass is 16.5. The lowest BCUT2D eigenvalue weighted by Crippen LogP contribution is -2.41. The Hall–Kier alpha value is -1.91. The van der Waals surface area contributed by atoms with Gasteiger partial charge in [-0.25, -0.2) is 4.98 Å². The van der Waals surface area contributed by atoms with Gasteiger partial charge in [-0.05, 0) is 25.8 Å². The molecular weight excluding hydrogens is 234 g/mol. The second-order valence-electron chi connectivity index (χ2n) is 4.10. The van der Waals surface area contributed by atoms with E-state index in [1.165, 1.54) is 6.07 Å². The zero-order chi connectivity index (χ0) is 13.8. The lowest BCUT2D eigenvalue weighted by atomic mass is 9.82. The molecule has 5 nitrogen and oxygen atoms in total. The summed E-state index contributed by atoms with van der Waals surface area (Å²) in [6.07, 6.45) is 0.368. The standard InChI is InChI=1S/C13H17NO4/c1-4-13(5-2,11(15)16)12(17)18-10-8-6-7-9(3)14-10/h6-8H,4-5H2,1-3H3,(H,15,16). The maximum absolute atomic E-state index is 12.0. The molecule has 1 heterocycles. The van der Waals surface area contributed by atoms with Crippen LogP contribution in [0.1, 0.15) is 32.4 Å². The molecule has 0 fully saturated rings. The lowest BCUT2D eigenvalue weighted by Gasteiger charge is -2.23. The van der Waals surface area contributed by atoms with E-state index in [2.05, 4.69) is 4.98 Å². The number of hydrogen-bond donors (Lipinski definition) is 1. The molecule has 18 heavy (non-hydrogen) atoms. The summed E-state index contributed by atoms with van der Waals surface area (Å²) < 4.78 is 5.07. The molecule has 0 aliphatic carbocycles. The molecule has 1 aromatic heterocycles. The third-order valence-electron chi connectivity index (χ3n) is 3.07. The predicted molar refractivity (Wildman–Crippen MR) is 65.3 cm³/mol. The number of carboxylic acids is 1. The molecule has 0 atom stereocenters. The first kappa shape index (κ1) is 14.2. The lowest BCUT2D eigenvalue weighted by molar-refractivity contribution is -0.163. The van der Waals surface area contributed by atoms with E-state index in [-0.39, 0.29) is 18.7 Å². The number of esters is 1. The van der Waals surface area contributed by atoms with Crippen LogP contribution in [0.3, 0.4) is 0 Å². The Kier molecular flexibility index (Phi) is 4.42. The first-order valence-electron chi connectivity index (χ1n) is 5.85. The number of aryl methyl sites for hydroxylation is 1. The molecule has 0 saturated carbocycles. The molecule has 5 heteroatoms. The van der Waals surface area contributed by atoms with Gasteiger partial charge < -0.3 is 9.84 Å². The van der Waals surface area contributed by atoms with Crippen molar-refractivity contribution < 1.29 is 19.4 Å². The smallest absolute Gasteiger partial charge is 0.330 e. The van der Waals surface area contributed by atoms with E-state index in [1.54, 1.807) is 32.9 Å². The van der Waals surface area contributed by atoms with Crippen LogP contribution in [0, 0.1) is 12.3 Å². The van der Waals surface area contributed by atoms with E-state index in [0.29, 0.717) is 5.69 Å². The van der Waals surface area contributed by atoms with Crippen molar-refractivity contribution in [2.75, 3.05) is 0 Å². The Morgan fingerprint density at radius 3 is 2.39 bits per heavy atom. The van der Waals surface area contributed by atoms with E-state index in [9.17, 15) is 14.7 Å². The minimum Gasteiger partial charge on any atom is -0.480 e. The summed E-state index contributed by atoms with van der Waals surface area (Å²) in [5, 5.41) is 9.21. The number of carbonyl (C=O) groups excluding carboxylic acids is 1. The Bertz CT molecular complexity index is 452. The van der Waals surface area contributed by atoms with Crippen LogP contribution < -0.4 is 4.74 Å². The highest BCUT2D eigenvalue weighted by molar-refractivity contribution is 5.99. The molecule has 0 amide bonds. The molecule has 1 aromatic rings. The first-order valence-corrected chi connectivity index (χ1v) is 5.85. The van der Waals surface area contributed by atoms with Crippen molar-refractivity contribution in [3.05, 3.63) is 23.9 Å². The summed E-state index contributed by atoms with van der Waals surface area (Å²) in [5.41, 5.74) is -0.792. The fourth-order valence-corrected chi connectivity index (χ4v) is 1.70. The molecule has 0 aliphatic heterocycles. The summed E-state index contributed by atoms with van der Waals surface area (Å²) in [6, 6.07) is 5.00. The Morgan fingerprint density at radius 2 is 1.94 bits per heavy atom. The van der Waals surface area contributed by atoms with Gasteiger partial charge in [-0.1, -0.05) is 19.9 Å². The maximum atomic E-state index is 12.0. The van der Waals surface area contributed by atoms with Crippen LogP contribution in [0.2, 0.25) is 0 Å². The van der Waals surface area contributed by atoms with Gasteiger partial charge in [0.2, 0.25) is 5.88 Å². The summed E-state index contributed by atoms with van der Waals surface area (Å²) in [5.74, 6) is -1.80. The largest absolute Gasteiger partial charge is 0.480 e. The van der Waals surface area contributed by atoms with Crippen LogP contribution in [0.15, 0.2) is 18.2 Å². The third kappa shape index (κ3) is 2.67. The molecule has 0 aliphatic rings. The van der Waals surface area contributed by atoms with Crippen molar-refractivity contribution in [3.8, 4) is 5.88 Å². The summed E-state index contributed by atoms with van der Waals surface area (Å²) in [4.78, 5) is 27.3. The molecule has 1 N–H and O–H groups in total.